The minimum Gasteiger partial charge on any atom is -0.337 e. The Morgan fingerprint density at radius 2 is 1.75 bits per heavy atom. The van der Waals surface area contributed by atoms with Crippen molar-refractivity contribution in [2.24, 2.45) is 0 Å². The lowest BCUT2D eigenvalue weighted by Gasteiger charge is -2.26. The molecule has 0 aliphatic carbocycles. The van der Waals surface area contributed by atoms with Crippen LogP contribution in [0.2, 0.25) is 0 Å². The molecule has 1 aliphatic rings. The number of pyridine rings is 1. The molecule has 7 heteroatoms. The van der Waals surface area contributed by atoms with Crippen LogP contribution in [0.5, 0.6) is 0 Å². The van der Waals surface area contributed by atoms with Gasteiger partial charge in [0.1, 0.15) is 0 Å². The lowest BCUT2D eigenvalue weighted by molar-refractivity contribution is -0.137. The minimum absolute atomic E-state index is 0.0843. The van der Waals surface area contributed by atoms with Gasteiger partial charge in [0, 0.05) is 41.9 Å². The van der Waals surface area contributed by atoms with Crippen LogP contribution in [0.15, 0.2) is 42.6 Å². The maximum atomic E-state index is 13.1. The molecule has 0 bridgehead atoms. The number of carbonyl (C=O) groups excluding carboxylic acids is 1. The van der Waals surface area contributed by atoms with Crippen molar-refractivity contribution in [3.63, 3.8) is 0 Å². The molecule has 1 amide bonds. The van der Waals surface area contributed by atoms with Crippen LogP contribution in [-0.4, -0.2) is 40.4 Å². The third-order valence-electron chi connectivity index (χ3n) is 3.82. The number of hydrogen-bond donors (Lipinski definition) is 0. The second kappa shape index (κ2) is 6.84. The smallest absolute Gasteiger partial charge is 0.337 e. The van der Waals surface area contributed by atoms with Gasteiger partial charge in [-0.2, -0.15) is 24.9 Å². The van der Waals surface area contributed by atoms with E-state index in [4.69, 9.17) is 0 Å². The molecule has 2 heterocycles. The molecule has 126 valence electrons. The lowest BCUT2D eigenvalue weighted by atomic mass is 10.0. The van der Waals surface area contributed by atoms with Crippen LogP contribution in [0, 0.1) is 0 Å². The zero-order valence-corrected chi connectivity index (χ0v) is 13.5. The summed E-state index contributed by atoms with van der Waals surface area (Å²) in [6, 6.07) is 8.43. The van der Waals surface area contributed by atoms with E-state index in [0.717, 1.165) is 17.6 Å². The number of nitrogens with zero attached hydrogens (tertiary/aromatic N) is 2. The summed E-state index contributed by atoms with van der Waals surface area (Å²) in [5, 5.41) is 0. The van der Waals surface area contributed by atoms with E-state index in [1.807, 2.05) is 0 Å². The first-order valence-corrected chi connectivity index (χ1v) is 8.62. The van der Waals surface area contributed by atoms with Crippen molar-refractivity contribution in [1.82, 2.24) is 9.88 Å². The fourth-order valence-electron chi connectivity index (χ4n) is 2.58. The van der Waals surface area contributed by atoms with E-state index in [1.165, 1.54) is 24.4 Å². The highest BCUT2D eigenvalue weighted by molar-refractivity contribution is 7.99. The Labute approximate surface area is 141 Å². The normalized spacial score (nSPS) is 15.4. The molecule has 1 aliphatic heterocycles. The Hall–Kier alpha value is -2.02. The molecule has 2 aromatic rings. The van der Waals surface area contributed by atoms with Crippen molar-refractivity contribution in [2.75, 3.05) is 24.6 Å². The minimum atomic E-state index is -4.47. The van der Waals surface area contributed by atoms with Gasteiger partial charge in [0.05, 0.1) is 11.3 Å². The third kappa shape index (κ3) is 3.56. The van der Waals surface area contributed by atoms with E-state index in [9.17, 15) is 18.0 Å². The van der Waals surface area contributed by atoms with Gasteiger partial charge in [-0.05, 0) is 24.3 Å². The largest absolute Gasteiger partial charge is 0.418 e. The van der Waals surface area contributed by atoms with E-state index in [1.54, 1.807) is 28.8 Å². The Balaban J connectivity index is 1.86. The first-order valence-electron chi connectivity index (χ1n) is 7.46. The van der Waals surface area contributed by atoms with Crippen LogP contribution < -0.4 is 0 Å². The Morgan fingerprint density at radius 3 is 2.38 bits per heavy atom. The molecule has 3 nitrogen and oxygen atoms in total. The van der Waals surface area contributed by atoms with Crippen molar-refractivity contribution in [1.29, 1.82) is 0 Å². The summed E-state index contributed by atoms with van der Waals surface area (Å²) in [5.74, 6) is 1.73. The summed E-state index contributed by atoms with van der Waals surface area (Å²) in [7, 11) is 0. The molecule has 1 aromatic heterocycles. The van der Waals surface area contributed by atoms with Gasteiger partial charge in [0.25, 0.3) is 5.91 Å². The second-order valence-corrected chi connectivity index (χ2v) is 6.60. The zero-order chi connectivity index (χ0) is 17.2. The molecule has 0 N–H and O–H groups in total. The summed E-state index contributed by atoms with van der Waals surface area (Å²) in [6.07, 6.45) is -3.14. The maximum Gasteiger partial charge on any atom is 0.418 e. The molecule has 1 saturated heterocycles. The van der Waals surface area contributed by atoms with E-state index < -0.39 is 11.7 Å². The van der Waals surface area contributed by atoms with E-state index in [0.29, 0.717) is 24.2 Å². The number of rotatable bonds is 2. The second-order valence-electron chi connectivity index (χ2n) is 5.38. The van der Waals surface area contributed by atoms with Crippen molar-refractivity contribution in [3.8, 4) is 11.3 Å². The van der Waals surface area contributed by atoms with Gasteiger partial charge in [-0.3, -0.25) is 9.78 Å². The number of benzene rings is 1. The van der Waals surface area contributed by atoms with Gasteiger partial charge in [-0.1, -0.05) is 12.1 Å². The average molecular weight is 352 g/mol. The average Bonchev–Trinajstić information content (AvgIpc) is 2.61. The summed E-state index contributed by atoms with van der Waals surface area (Å²) in [5.41, 5.74) is -0.0840. The topological polar surface area (TPSA) is 33.2 Å². The van der Waals surface area contributed by atoms with Crippen LogP contribution in [0.25, 0.3) is 11.3 Å². The molecule has 0 radical (unpaired) electrons. The van der Waals surface area contributed by atoms with Gasteiger partial charge < -0.3 is 4.90 Å². The predicted molar refractivity (Wildman–Crippen MR) is 87.9 cm³/mol. The van der Waals surface area contributed by atoms with E-state index in [-0.39, 0.29) is 11.6 Å². The van der Waals surface area contributed by atoms with Gasteiger partial charge in [0.15, 0.2) is 0 Å². The Morgan fingerprint density at radius 1 is 1.08 bits per heavy atom. The molecule has 1 fully saturated rings. The summed E-state index contributed by atoms with van der Waals surface area (Å²) >= 11 is 1.81. The molecule has 0 atom stereocenters. The fraction of sp³-hybridized carbons (Fsp3) is 0.294. The van der Waals surface area contributed by atoms with Gasteiger partial charge in [-0.25, -0.2) is 0 Å². The Kier molecular flexibility index (Phi) is 4.80. The number of hydrogen-bond acceptors (Lipinski definition) is 3. The van der Waals surface area contributed by atoms with E-state index >= 15 is 0 Å². The zero-order valence-electron chi connectivity index (χ0n) is 12.7. The molecule has 1 aromatic carbocycles. The summed E-state index contributed by atoms with van der Waals surface area (Å²) in [4.78, 5) is 18.0. The monoisotopic (exact) mass is 352 g/mol. The lowest BCUT2D eigenvalue weighted by Crippen LogP contribution is -2.37. The number of carbonyl (C=O) groups is 1. The van der Waals surface area contributed by atoms with Crippen molar-refractivity contribution in [2.45, 2.75) is 6.18 Å². The number of amides is 1. The molecule has 0 spiro atoms. The number of alkyl halides is 3. The SMILES string of the molecule is O=C(c1ccc(-c2ncccc2C(F)(F)F)cc1)N1CCSCC1. The standard InChI is InChI=1S/C17H15F3N2OS/c18-17(19,20)14-2-1-7-21-15(14)12-3-5-13(6-4-12)16(23)22-8-10-24-11-9-22/h1-7H,8-11H2. The molecular formula is C17H15F3N2OS. The molecule has 0 unspecified atom stereocenters. The quantitative estimate of drug-likeness (QED) is 0.820. The maximum absolute atomic E-state index is 13.1. The van der Waals surface area contributed by atoms with Crippen LogP contribution in [0.1, 0.15) is 15.9 Å². The van der Waals surface area contributed by atoms with Crippen molar-refractivity contribution >= 4 is 17.7 Å². The van der Waals surface area contributed by atoms with Crippen LogP contribution in [0.4, 0.5) is 13.2 Å². The summed E-state index contributed by atoms with van der Waals surface area (Å²) in [6.45, 7) is 1.40. The number of aromatic nitrogens is 1. The van der Waals surface area contributed by atoms with Gasteiger partial charge in [-0.15, -0.1) is 0 Å². The van der Waals surface area contributed by atoms with Crippen molar-refractivity contribution in [3.05, 3.63) is 53.7 Å². The van der Waals surface area contributed by atoms with Crippen molar-refractivity contribution < 1.29 is 18.0 Å². The van der Waals surface area contributed by atoms with Crippen LogP contribution in [0.3, 0.4) is 0 Å². The highest BCUT2D eigenvalue weighted by Gasteiger charge is 2.34. The molecule has 24 heavy (non-hydrogen) atoms. The van der Waals surface area contributed by atoms with Gasteiger partial charge in [0.2, 0.25) is 0 Å². The molecule has 3 rings (SSSR count). The fourth-order valence-corrected chi connectivity index (χ4v) is 3.49. The Bertz CT molecular complexity index is 725. The highest BCUT2D eigenvalue weighted by Crippen LogP contribution is 2.35. The van der Waals surface area contributed by atoms with E-state index in [2.05, 4.69) is 4.98 Å². The third-order valence-corrected chi connectivity index (χ3v) is 4.76. The summed E-state index contributed by atoms with van der Waals surface area (Å²) < 4.78 is 39.2. The first-order chi connectivity index (χ1) is 11.5. The van der Waals surface area contributed by atoms with Crippen LogP contribution in [-0.2, 0) is 6.18 Å². The van der Waals surface area contributed by atoms with Crippen LogP contribution >= 0.6 is 11.8 Å². The molecular weight excluding hydrogens is 337 g/mol. The first kappa shape index (κ1) is 16.8. The number of thioether (sulfide) groups is 1. The highest BCUT2D eigenvalue weighted by atomic mass is 32.2. The molecule has 0 saturated carbocycles. The van der Waals surface area contributed by atoms with Gasteiger partial charge >= 0.3 is 6.18 Å². The number of halogens is 3. The predicted octanol–water partition coefficient (Wildman–Crippen LogP) is 3.96.